The van der Waals surface area contributed by atoms with Crippen molar-refractivity contribution in [2.24, 2.45) is 23.7 Å². The van der Waals surface area contributed by atoms with Crippen molar-refractivity contribution in [1.29, 1.82) is 0 Å². The molecular weight excluding hydrogens is 1380 g/mol. The second-order valence-electron chi connectivity index (χ2n) is 31.9. The standard InChI is InChI=1S/C23H26ClNO2.3C23H28ClNO/c24-20-11-9-19(10-12-20)23(13-5-14-23)22(26)25-15-4-6-18(16-25)17-27-21-7-2-1-3-8-21;3*24-21-11-9-20(10-12-21)23(13-5-14-23)18-25-15-4-6-19(16-25)17-26-22-7-2-1-3-8-22/h1-3,7-12,18H,4-6,13-17H2;3*1-3,7-12,19H,4-6,13-18H2/t;2*19-;/m.10./s1. The number of halogens is 4. The lowest BCUT2D eigenvalue weighted by atomic mass is 9.63. The molecule has 0 radical (unpaired) electrons. The molecule has 105 heavy (non-hydrogen) atoms. The molecule has 556 valence electrons. The smallest absolute Gasteiger partial charge is 0.233 e. The first-order valence-electron chi connectivity index (χ1n) is 39.6. The summed E-state index contributed by atoms with van der Waals surface area (Å²) in [6.45, 7) is 15.5. The number of carbonyl (C=O) groups excluding carboxylic acids is 1. The van der Waals surface area contributed by atoms with Gasteiger partial charge < -0.3 is 38.5 Å². The molecule has 4 heterocycles. The molecule has 0 aromatic heterocycles. The molecule has 8 aromatic carbocycles. The molecule has 1 amide bonds. The van der Waals surface area contributed by atoms with Crippen molar-refractivity contribution in [3.63, 3.8) is 0 Å². The summed E-state index contributed by atoms with van der Waals surface area (Å²) in [7, 11) is 0. The maximum absolute atomic E-state index is 13.5. The number of hydrogen-bond acceptors (Lipinski definition) is 8. The van der Waals surface area contributed by atoms with Gasteiger partial charge in [0.15, 0.2) is 0 Å². The van der Waals surface area contributed by atoms with Gasteiger partial charge in [-0.05, 0) is 242 Å². The highest BCUT2D eigenvalue weighted by Gasteiger charge is 2.49. The Bertz CT molecular complexity index is 3580. The van der Waals surface area contributed by atoms with Gasteiger partial charge >= 0.3 is 0 Å². The minimum Gasteiger partial charge on any atom is -0.493 e. The maximum Gasteiger partial charge on any atom is 0.233 e. The van der Waals surface area contributed by atoms with Gasteiger partial charge in [-0.15, -0.1) is 0 Å². The van der Waals surface area contributed by atoms with Crippen molar-refractivity contribution >= 4 is 52.3 Å². The summed E-state index contributed by atoms with van der Waals surface area (Å²) in [5.41, 5.74) is 6.20. The number of piperidine rings is 4. The zero-order chi connectivity index (χ0) is 72.2. The average Bonchev–Trinajstić information content (AvgIpc) is 0.764. The van der Waals surface area contributed by atoms with Crippen LogP contribution in [0, 0.1) is 23.7 Å². The van der Waals surface area contributed by atoms with Gasteiger partial charge in [-0.2, -0.15) is 0 Å². The molecule has 0 spiro atoms. The molecule has 13 heteroatoms. The third-order valence-corrected chi connectivity index (χ3v) is 25.4. The number of ether oxygens (including phenoxy) is 4. The van der Waals surface area contributed by atoms with E-state index in [-0.39, 0.29) is 5.41 Å². The van der Waals surface area contributed by atoms with Gasteiger partial charge in [0, 0.05) is 112 Å². The van der Waals surface area contributed by atoms with Crippen LogP contribution in [0.2, 0.25) is 20.1 Å². The molecule has 4 aliphatic heterocycles. The molecule has 4 saturated carbocycles. The first-order chi connectivity index (χ1) is 51.4. The predicted molar refractivity (Wildman–Crippen MR) is 432 cm³/mol. The van der Waals surface area contributed by atoms with Gasteiger partial charge in [0.05, 0.1) is 31.8 Å². The van der Waals surface area contributed by atoms with E-state index in [1.807, 2.05) is 182 Å². The number of amides is 1. The van der Waals surface area contributed by atoms with E-state index in [0.29, 0.717) is 52.4 Å². The highest BCUT2D eigenvalue weighted by molar-refractivity contribution is 6.31. The Kier molecular flexibility index (Phi) is 27.4. The van der Waals surface area contributed by atoms with Crippen LogP contribution >= 0.6 is 46.4 Å². The number of likely N-dealkylation sites (tertiary alicyclic amines) is 4. The second-order valence-corrected chi connectivity index (χ2v) is 33.6. The molecule has 2 unspecified atom stereocenters. The molecular formula is C92H110Cl4N4O5. The number of benzene rings is 8. The molecule has 4 saturated heterocycles. The molecule has 4 atom stereocenters. The SMILES string of the molecule is Clc1ccc(C2(CN3CCCC(COc4ccccc4)C3)CCC2)cc1.Clc1ccc(C2(CN3CCC[C@@H](COc4ccccc4)C3)CCC2)cc1.Clc1ccc(C2(CN3CCC[C@H](COc4ccccc4)C3)CCC2)cc1.O=C(N1CCCC(COc2ccccc2)C1)C1(c2ccc(Cl)cc2)CCC1. The number of carbonyl (C=O) groups is 1. The number of para-hydroxylation sites is 4. The molecule has 16 rings (SSSR count). The van der Waals surface area contributed by atoms with E-state index in [9.17, 15) is 4.79 Å². The van der Waals surface area contributed by atoms with Gasteiger partial charge in [-0.3, -0.25) is 4.79 Å². The van der Waals surface area contributed by atoms with Gasteiger partial charge in [0.1, 0.15) is 23.0 Å². The lowest BCUT2D eigenvalue weighted by Gasteiger charge is -2.47. The van der Waals surface area contributed by atoms with E-state index in [1.54, 1.807) is 0 Å². The predicted octanol–water partition coefficient (Wildman–Crippen LogP) is 21.7. The maximum atomic E-state index is 13.5. The fraction of sp³-hybridized carbons (Fsp3) is 0.467. The van der Waals surface area contributed by atoms with E-state index >= 15 is 0 Å². The van der Waals surface area contributed by atoms with Crippen LogP contribution in [0.25, 0.3) is 0 Å². The fourth-order valence-corrected chi connectivity index (χ4v) is 18.5. The third-order valence-electron chi connectivity index (χ3n) is 24.4. The fourth-order valence-electron chi connectivity index (χ4n) is 17.9. The van der Waals surface area contributed by atoms with Crippen LogP contribution < -0.4 is 18.9 Å². The summed E-state index contributed by atoms with van der Waals surface area (Å²) < 4.78 is 24.0. The normalized spacial score (nSPS) is 22.3. The lowest BCUT2D eigenvalue weighted by molar-refractivity contribution is -0.143. The minimum absolute atomic E-state index is 0.292. The van der Waals surface area contributed by atoms with Gasteiger partial charge in [-0.25, -0.2) is 0 Å². The van der Waals surface area contributed by atoms with Crippen molar-refractivity contribution in [1.82, 2.24) is 19.6 Å². The Balaban J connectivity index is 0.000000124. The monoisotopic (exact) mass is 1490 g/mol. The summed E-state index contributed by atoms with van der Waals surface area (Å²) in [6, 6.07) is 74.1. The molecule has 8 aliphatic rings. The quantitative estimate of drug-likeness (QED) is 0.0628. The van der Waals surface area contributed by atoms with Crippen molar-refractivity contribution in [2.45, 2.75) is 150 Å². The number of hydrogen-bond donors (Lipinski definition) is 0. The number of nitrogens with zero attached hydrogens (tertiary/aromatic N) is 4. The largest absolute Gasteiger partial charge is 0.493 e. The highest BCUT2D eigenvalue weighted by Crippen LogP contribution is 2.49. The second kappa shape index (κ2) is 37.5. The average molecular weight is 1490 g/mol. The van der Waals surface area contributed by atoms with Gasteiger partial charge in [0.25, 0.3) is 0 Å². The molecule has 8 aromatic rings. The summed E-state index contributed by atoms with van der Waals surface area (Å²) in [5.74, 6) is 6.44. The molecule has 4 aliphatic carbocycles. The highest BCUT2D eigenvalue weighted by atomic mass is 35.5. The van der Waals surface area contributed by atoms with E-state index < -0.39 is 0 Å². The van der Waals surface area contributed by atoms with Crippen molar-refractivity contribution < 1.29 is 23.7 Å². The van der Waals surface area contributed by atoms with Crippen molar-refractivity contribution in [3.05, 3.63) is 261 Å². The Morgan fingerprint density at radius 3 is 0.819 bits per heavy atom. The molecule has 0 bridgehead atoms. The Hall–Kier alpha value is -6.53. The van der Waals surface area contributed by atoms with E-state index in [0.717, 1.165) is 133 Å². The molecule has 8 fully saturated rings. The van der Waals surface area contributed by atoms with E-state index in [4.69, 9.17) is 65.4 Å². The van der Waals surface area contributed by atoms with Crippen LogP contribution in [-0.2, 0) is 26.5 Å². The summed E-state index contributed by atoms with van der Waals surface area (Å²) in [5, 5.41) is 3.22. The zero-order valence-electron chi connectivity index (χ0n) is 61.7. The van der Waals surface area contributed by atoms with Crippen molar-refractivity contribution in [2.75, 3.05) is 98.4 Å². The van der Waals surface area contributed by atoms with Crippen LogP contribution in [0.1, 0.15) is 151 Å². The third kappa shape index (κ3) is 20.8. The van der Waals surface area contributed by atoms with Crippen LogP contribution in [0.4, 0.5) is 0 Å². The summed E-state index contributed by atoms with van der Waals surface area (Å²) in [4.78, 5) is 23.6. The van der Waals surface area contributed by atoms with Crippen molar-refractivity contribution in [3.8, 4) is 23.0 Å². The van der Waals surface area contributed by atoms with Crippen LogP contribution in [0.15, 0.2) is 218 Å². The van der Waals surface area contributed by atoms with Crippen LogP contribution in [0.5, 0.6) is 23.0 Å². The van der Waals surface area contributed by atoms with E-state index in [1.165, 1.54) is 152 Å². The Labute approximate surface area is 647 Å². The summed E-state index contributed by atoms with van der Waals surface area (Å²) in [6.07, 6.45) is 24.7. The Morgan fingerprint density at radius 1 is 0.305 bits per heavy atom. The number of rotatable bonds is 23. The van der Waals surface area contributed by atoms with Gasteiger partial charge in [0.2, 0.25) is 5.91 Å². The molecule has 9 nitrogen and oxygen atoms in total. The topological polar surface area (TPSA) is 67.0 Å². The van der Waals surface area contributed by atoms with E-state index in [2.05, 4.69) is 56.0 Å². The van der Waals surface area contributed by atoms with Gasteiger partial charge in [-0.1, -0.05) is 193 Å². The first-order valence-corrected chi connectivity index (χ1v) is 41.1. The summed E-state index contributed by atoms with van der Waals surface area (Å²) >= 11 is 24.3. The zero-order valence-corrected chi connectivity index (χ0v) is 64.7. The lowest BCUT2D eigenvalue weighted by Crippen LogP contribution is -2.54. The van der Waals surface area contributed by atoms with Crippen LogP contribution in [0.3, 0.4) is 0 Å². The first kappa shape index (κ1) is 76.7. The van der Waals surface area contributed by atoms with Crippen LogP contribution in [-0.4, -0.2) is 124 Å². The minimum atomic E-state index is -0.341. The molecule has 0 N–H and O–H groups in total. The Morgan fingerprint density at radius 2 is 0.562 bits per heavy atom.